The second-order valence-corrected chi connectivity index (χ2v) is 8.04. The number of nitriles is 1. The van der Waals surface area contributed by atoms with Gasteiger partial charge < -0.3 is 9.88 Å². The Balaban J connectivity index is 1.78. The van der Waals surface area contributed by atoms with Gasteiger partial charge in [0.2, 0.25) is 0 Å². The van der Waals surface area contributed by atoms with Gasteiger partial charge in [-0.05, 0) is 54.6 Å². The summed E-state index contributed by atoms with van der Waals surface area (Å²) in [5, 5.41) is 13.0. The smallest absolute Gasteiger partial charge is 0.120 e. The molecule has 0 radical (unpaired) electrons. The van der Waals surface area contributed by atoms with Gasteiger partial charge >= 0.3 is 0 Å². The quantitative estimate of drug-likeness (QED) is 0.923. The fourth-order valence-corrected chi connectivity index (χ4v) is 5.07. The van der Waals surface area contributed by atoms with E-state index in [1.165, 1.54) is 30.5 Å². The molecule has 3 unspecified atom stereocenters. The predicted octanol–water partition coefficient (Wildman–Crippen LogP) is 3.51. The Morgan fingerprint density at radius 1 is 1.43 bits per heavy atom. The zero-order chi connectivity index (χ0) is 15.4. The Kier molecular flexibility index (Phi) is 3.22. The minimum Gasteiger partial charge on any atom is -0.340 e. The third-order valence-corrected chi connectivity index (χ3v) is 6.52. The molecule has 21 heavy (non-hydrogen) atoms. The minimum atomic E-state index is 0.383. The molecule has 2 aliphatic carbocycles. The number of nitrogens with zero attached hydrogens (tertiary/aromatic N) is 2. The van der Waals surface area contributed by atoms with Crippen LogP contribution in [-0.2, 0) is 13.6 Å². The lowest BCUT2D eigenvalue weighted by molar-refractivity contribution is 0.108. The molecule has 3 nitrogen and oxygen atoms in total. The Morgan fingerprint density at radius 3 is 2.67 bits per heavy atom. The van der Waals surface area contributed by atoms with E-state index in [0.29, 0.717) is 16.9 Å². The third-order valence-electron chi connectivity index (χ3n) is 6.52. The van der Waals surface area contributed by atoms with Crippen LogP contribution >= 0.6 is 0 Å². The Labute approximate surface area is 128 Å². The first kappa shape index (κ1) is 14.7. The summed E-state index contributed by atoms with van der Waals surface area (Å²) in [6.45, 7) is 10.3. The van der Waals surface area contributed by atoms with Gasteiger partial charge in [0.25, 0.3) is 0 Å². The van der Waals surface area contributed by atoms with E-state index in [1.54, 1.807) is 0 Å². The maximum absolute atomic E-state index is 9.15. The summed E-state index contributed by atoms with van der Waals surface area (Å²) >= 11 is 0. The summed E-state index contributed by atoms with van der Waals surface area (Å²) in [6, 6.07) is 4.88. The van der Waals surface area contributed by atoms with Crippen molar-refractivity contribution in [2.24, 2.45) is 23.8 Å². The largest absolute Gasteiger partial charge is 0.340 e. The standard InChI is InChI=1S/C18H27N3/c1-12-13(8-15(10-19)21(12)5)11-20-16-17(2,3)14-6-7-18(16,4)9-14/h8,14,16,20H,6-7,9,11H2,1-5H3. The lowest BCUT2D eigenvalue weighted by Crippen LogP contribution is -2.49. The Morgan fingerprint density at radius 2 is 2.14 bits per heavy atom. The van der Waals surface area contributed by atoms with E-state index < -0.39 is 0 Å². The SMILES string of the molecule is Cc1c(CNC2C3(C)CCC(C3)C2(C)C)cc(C#N)n1C. The molecule has 1 aromatic heterocycles. The predicted molar refractivity (Wildman–Crippen MR) is 84.7 cm³/mol. The zero-order valence-electron chi connectivity index (χ0n) is 14.0. The molecule has 0 aromatic carbocycles. The lowest BCUT2D eigenvalue weighted by atomic mass is 9.68. The molecule has 1 heterocycles. The van der Waals surface area contributed by atoms with E-state index in [2.05, 4.69) is 39.1 Å². The molecule has 114 valence electrons. The third kappa shape index (κ3) is 2.04. The number of rotatable bonds is 3. The van der Waals surface area contributed by atoms with E-state index in [4.69, 9.17) is 5.26 Å². The van der Waals surface area contributed by atoms with Crippen molar-refractivity contribution < 1.29 is 0 Å². The Hall–Kier alpha value is -1.27. The molecule has 0 spiro atoms. The first-order valence-electron chi connectivity index (χ1n) is 8.08. The van der Waals surface area contributed by atoms with Gasteiger partial charge in [0.1, 0.15) is 11.8 Å². The van der Waals surface area contributed by atoms with Crippen molar-refractivity contribution >= 4 is 0 Å². The molecule has 2 aliphatic rings. The summed E-state index contributed by atoms with van der Waals surface area (Å²) in [4.78, 5) is 0. The highest BCUT2D eigenvalue weighted by Crippen LogP contribution is 2.62. The van der Waals surface area contributed by atoms with Crippen LogP contribution in [-0.4, -0.2) is 10.6 Å². The second kappa shape index (κ2) is 4.61. The van der Waals surface area contributed by atoms with Crippen LogP contribution in [0.5, 0.6) is 0 Å². The molecule has 2 fully saturated rings. The van der Waals surface area contributed by atoms with Crippen molar-refractivity contribution in [3.8, 4) is 6.07 Å². The summed E-state index contributed by atoms with van der Waals surface area (Å²) in [5.74, 6) is 0.867. The van der Waals surface area contributed by atoms with Gasteiger partial charge in [-0.25, -0.2) is 0 Å². The molecule has 0 saturated heterocycles. The molecular weight excluding hydrogens is 258 g/mol. The molecule has 3 rings (SSSR count). The van der Waals surface area contributed by atoms with Gasteiger partial charge in [-0.15, -0.1) is 0 Å². The monoisotopic (exact) mass is 285 g/mol. The van der Waals surface area contributed by atoms with Crippen LogP contribution in [0.3, 0.4) is 0 Å². The van der Waals surface area contributed by atoms with E-state index in [0.717, 1.165) is 18.2 Å². The van der Waals surface area contributed by atoms with Crippen LogP contribution in [0.1, 0.15) is 57.0 Å². The molecule has 3 atom stereocenters. The number of nitrogens with one attached hydrogen (secondary N) is 1. The topological polar surface area (TPSA) is 40.8 Å². The van der Waals surface area contributed by atoms with Crippen LogP contribution in [0.15, 0.2) is 6.07 Å². The van der Waals surface area contributed by atoms with Crippen molar-refractivity contribution in [1.82, 2.24) is 9.88 Å². The fourth-order valence-electron chi connectivity index (χ4n) is 5.07. The van der Waals surface area contributed by atoms with Crippen LogP contribution < -0.4 is 5.32 Å². The fraction of sp³-hybridized carbons (Fsp3) is 0.722. The van der Waals surface area contributed by atoms with Crippen molar-refractivity contribution in [1.29, 1.82) is 5.26 Å². The highest BCUT2D eigenvalue weighted by Gasteiger charge is 2.58. The van der Waals surface area contributed by atoms with Crippen molar-refractivity contribution in [3.05, 3.63) is 23.0 Å². The van der Waals surface area contributed by atoms with Crippen LogP contribution in [0.4, 0.5) is 0 Å². The molecule has 2 bridgehead atoms. The van der Waals surface area contributed by atoms with E-state index in [9.17, 15) is 0 Å². The summed E-state index contributed by atoms with van der Waals surface area (Å²) in [7, 11) is 1.97. The van der Waals surface area contributed by atoms with Crippen molar-refractivity contribution in [2.45, 2.75) is 59.5 Å². The molecule has 0 aliphatic heterocycles. The second-order valence-electron chi connectivity index (χ2n) is 8.04. The molecule has 2 saturated carbocycles. The normalized spacial score (nSPS) is 33.3. The average Bonchev–Trinajstić information content (AvgIpc) is 3.00. The van der Waals surface area contributed by atoms with Crippen molar-refractivity contribution in [3.63, 3.8) is 0 Å². The van der Waals surface area contributed by atoms with Crippen LogP contribution in [0.25, 0.3) is 0 Å². The maximum Gasteiger partial charge on any atom is 0.120 e. The first-order chi connectivity index (χ1) is 9.79. The van der Waals surface area contributed by atoms with E-state index in [-0.39, 0.29) is 0 Å². The van der Waals surface area contributed by atoms with E-state index >= 15 is 0 Å². The van der Waals surface area contributed by atoms with Gasteiger partial charge in [-0.1, -0.05) is 20.8 Å². The average molecular weight is 285 g/mol. The van der Waals surface area contributed by atoms with Gasteiger partial charge in [-0.3, -0.25) is 0 Å². The molecule has 3 heteroatoms. The molecule has 1 aromatic rings. The molecule has 1 N–H and O–H groups in total. The van der Waals surface area contributed by atoms with Gasteiger partial charge in [0.15, 0.2) is 0 Å². The van der Waals surface area contributed by atoms with Gasteiger partial charge in [0.05, 0.1) is 0 Å². The van der Waals surface area contributed by atoms with Gasteiger partial charge in [0, 0.05) is 25.3 Å². The van der Waals surface area contributed by atoms with Crippen LogP contribution in [0, 0.1) is 35.0 Å². The number of hydrogen-bond acceptors (Lipinski definition) is 2. The minimum absolute atomic E-state index is 0.383. The summed E-state index contributed by atoms with van der Waals surface area (Å²) in [6.07, 6.45) is 4.12. The highest BCUT2D eigenvalue weighted by molar-refractivity contribution is 5.34. The zero-order valence-corrected chi connectivity index (χ0v) is 14.0. The number of fused-ring (bicyclic) bond motifs is 2. The first-order valence-corrected chi connectivity index (χ1v) is 8.08. The maximum atomic E-state index is 9.15. The number of aromatic nitrogens is 1. The lowest BCUT2D eigenvalue weighted by Gasteiger charge is -2.43. The van der Waals surface area contributed by atoms with Crippen LogP contribution in [0.2, 0.25) is 0 Å². The number of hydrogen-bond donors (Lipinski definition) is 1. The molecular formula is C18H27N3. The molecule has 0 amide bonds. The summed E-state index contributed by atoms with van der Waals surface area (Å²) < 4.78 is 1.99. The van der Waals surface area contributed by atoms with Crippen molar-refractivity contribution in [2.75, 3.05) is 0 Å². The highest BCUT2D eigenvalue weighted by atomic mass is 15.0. The Bertz CT molecular complexity index is 600. The van der Waals surface area contributed by atoms with E-state index in [1.807, 2.05) is 17.7 Å². The summed E-state index contributed by atoms with van der Waals surface area (Å²) in [5.41, 5.74) is 4.05. The van der Waals surface area contributed by atoms with Gasteiger partial charge in [-0.2, -0.15) is 5.26 Å².